The van der Waals surface area contributed by atoms with Crippen LogP contribution in [0.4, 0.5) is 4.39 Å². The number of likely N-dealkylation sites (tertiary alicyclic amines) is 1. The van der Waals surface area contributed by atoms with E-state index in [4.69, 9.17) is 14.6 Å². The molecule has 22 heavy (non-hydrogen) atoms. The maximum atomic E-state index is 14.0. The lowest BCUT2D eigenvalue weighted by molar-refractivity contribution is -0.149. The van der Waals surface area contributed by atoms with E-state index in [-0.39, 0.29) is 18.9 Å². The number of methoxy groups -OCH3 is 1. The van der Waals surface area contributed by atoms with Crippen molar-refractivity contribution in [2.24, 2.45) is 0 Å². The van der Waals surface area contributed by atoms with E-state index in [9.17, 15) is 14.0 Å². The first kappa shape index (κ1) is 16.2. The zero-order valence-corrected chi connectivity index (χ0v) is 12.3. The van der Waals surface area contributed by atoms with Gasteiger partial charge in [0, 0.05) is 25.6 Å². The highest BCUT2D eigenvalue weighted by Crippen LogP contribution is 2.27. The lowest BCUT2D eigenvalue weighted by atomic mass is 10.1. The monoisotopic (exact) mass is 311 g/mol. The van der Waals surface area contributed by atoms with E-state index in [0.29, 0.717) is 24.5 Å². The molecule has 0 aliphatic carbocycles. The summed E-state index contributed by atoms with van der Waals surface area (Å²) in [6.45, 7) is 0.530. The largest absolute Gasteiger partial charge is 0.491 e. The highest BCUT2D eigenvalue weighted by Gasteiger charge is 2.46. The summed E-state index contributed by atoms with van der Waals surface area (Å²) < 4.78 is 24.2. The summed E-state index contributed by atoms with van der Waals surface area (Å²) in [5, 5.41) is 8.84. The number of carboxylic acids is 1. The van der Waals surface area contributed by atoms with Crippen LogP contribution in [0.2, 0.25) is 0 Å². The number of hydrogen-bond acceptors (Lipinski definition) is 4. The molecule has 1 fully saturated rings. The second kappa shape index (κ2) is 6.74. The molecule has 1 aliphatic heterocycles. The van der Waals surface area contributed by atoms with Gasteiger partial charge in [-0.15, -0.1) is 0 Å². The molecule has 0 bridgehead atoms. The molecule has 0 radical (unpaired) electrons. The quantitative estimate of drug-likeness (QED) is 0.803. The number of rotatable bonds is 6. The van der Waals surface area contributed by atoms with Gasteiger partial charge in [-0.1, -0.05) is 0 Å². The van der Waals surface area contributed by atoms with Gasteiger partial charge in [-0.3, -0.25) is 4.79 Å². The fourth-order valence-electron chi connectivity index (χ4n) is 2.24. The van der Waals surface area contributed by atoms with Crippen molar-refractivity contribution in [1.82, 2.24) is 4.90 Å². The lowest BCUT2D eigenvalue weighted by Gasteiger charge is -2.18. The number of carbonyl (C=O) groups is 2. The number of alkyl halides is 1. The number of aliphatic carboxylic acids is 1. The van der Waals surface area contributed by atoms with Gasteiger partial charge in [0.05, 0.1) is 13.2 Å². The van der Waals surface area contributed by atoms with Crippen LogP contribution in [0.3, 0.4) is 0 Å². The number of carboxylic acid groups (broad SMARTS) is 1. The molecule has 2 rings (SSSR count). The molecule has 1 N–H and O–H groups in total. The first-order valence-corrected chi connectivity index (χ1v) is 6.90. The molecule has 1 unspecified atom stereocenters. The van der Waals surface area contributed by atoms with Gasteiger partial charge in [0.2, 0.25) is 5.67 Å². The summed E-state index contributed by atoms with van der Waals surface area (Å²) >= 11 is 0. The van der Waals surface area contributed by atoms with Gasteiger partial charge in [0.15, 0.2) is 0 Å². The van der Waals surface area contributed by atoms with Crippen molar-refractivity contribution in [1.29, 1.82) is 0 Å². The Morgan fingerprint density at radius 2 is 2.00 bits per heavy atom. The van der Waals surface area contributed by atoms with Crippen LogP contribution in [0, 0.1) is 0 Å². The number of carbonyl (C=O) groups excluding carboxylic acids is 1. The van der Waals surface area contributed by atoms with Crippen molar-refractivity contribution in [2.75, 3.05) is 33.4 Å². The molecule has 0 spiro atoms. The third-order valence-electron chi connectivity index (χ3n) is 3.55. The predicted molar refractivity (Wildman–Crippen MR) is 75.8 cm³/mol. The number of ether oxygens (including phenoxy) is 2. The highest BCUT2D eigenvalue weighted by molar-refractivity contribution is 5.95. The van der Waals surface area contributed by atoms with E-state index in [0.717, 1.165) is 0 Å². The van der Waals surface area contributed by atoms with Crippen LogP contribution in [0.5, 0.6) is 5.75 Å². The molecule has 1 heterocycles. The van der Waals surface area contributed by atoms with Crippen LogP contribution in [-0.2, 0) is 9.53 Å². The van der Waals surface area contributed by atoms with Crippen LogP contribution in [0.15, 0.2) is 24.3 Å². The molecule has 0 saturated carbocycles. The summed E-state index contributed by atoms with van der Waals surface area (Å²) in [6.07, 6.45) is -0.188. The molecule has 1 atom stereocenters. The van der Waals surface area contributed by atoms with Crippen LogP contribution in [-0.4, -0.2) is 61.0 Å². The third kappa shape index (κ3) is 3.54. The van der Waals surface area contributed by atoms with E-state index in [1.54, 1.807) is 31.4 Å². The van der Waals surface area contributed by atoms with Crippen LogP contribution >= 0.6 is 0 Å². The van der Waals surface area contributed by atoms with Gasteiger partial charge >= 0.3 is 5.97 Å². The van der Waals surface area contributed by atoms with Crippen molar-refractivity contribution in [3.8, 4) is 5.75 Å². The number of hydrogen-bond donors (Lipinski definition) is 1. The minimum atomic E-state index is -2.35. The molecular formula is C15H18FNO5. The van der Waals surface area contributed by atoms with E-state index >= 15 is 0 Å². The van der Waals surface area contributed by atoms with Gasteiger partial charge in [-0.05, 0) is 24.3 Å². The number of nitrogens with zero attached hydrogens (tertiary/aromatic N) is 1. The van der Waals surface area contributed by atoms with Crippen molar-refractivity contribution < 1.29 is 28.6 Å². The minimum absolute atomic E-state index is 0.0910. The minimum Gasteiger partial charge on any atom is -0.491 e. The summed E-state index contributed by atoms with van der Waals surface area (Å²) in [5.74, 6) is -1.31. The predicted octanol–water partition coefficient (Wildman–Crippen LogP) is 1.35. The highest BCUT2D eigenvalue weighted by atomic mass is 19.1. The summed E-state index contributed by atoms with van der Waals surface area (Å²) in [6, 6.07) is 6.42. The SMILES string of the molecule is COCCOc1ccc(C(=O)N2CCC(F)(C(=O)O)C2)cc1. The van der Waals surface area contributed by atoms with Gasteiger partial charge in [0.25, 0.3) is 5.91 Å². The fraction of sp³-hybridized carbons (Fsp3) is 0.467. The Labute approximate surface area is 127 Å². The zero-order chi connectivity index (χ0) is 16.2. The van der Waals surface area contributed by atoms with Crippen molar-refractivity contribution in [3.63, 3.8) is 0 Å². The molecule has 7 heteroatoms. The van der Waals surface area contributed by atoms with Crippen LogP contribution in [0.1, 0.15) is 16.8 Å². The zero-order valence-electron chi connectivity index (χ0n) is 12.3. The molecule has 6 nitrogen and oxygen atoms in total. The topological polar surface area (TPSA) is 76.1 Å². The van der Waals surface area contributed by atoms with E-state index in [1.165, 1.54) is 4.90 Å². The fourth-order valence-corrected chi connectivity index (χ4v) is 2.24. The molecule has 1 saturated heterocycles. The Morgan fingerprint density at radius 1 is 1.32 bits per heavy atom. The molecular weight excluding hydrogens is 293 g/mol. The molecule has 0 aromatic heterocycles. The Balaban J connectivity index is 1.97. The molecule has 1 aromatic rings. The van der Waals surface area contributed by atoms with Crippen molar-refractivity contribution in [2.45, 2.75) is 12.1 Å². The van der Waals surface area contributed by atoms with E-state index in [1.807, 2.05) is 0 Å². The second-order valence-electron chi connectivity index (χ2n) is 5.11. The lowest BCUT2D eigenvalue weighted by Crippen LogP contribution is -2.38. The Hall–Kier alpha value is -2.15. The average molecular weight is 311 g/mol. The third-order valence-corrected chi connectivity index (χ3v) is 3.55. The average Bonchev–Trinajstić information content (AvgIpc) is 2.91. The number of halogens is 1. The van der Waals surface area contributed by atoms with Gasteiger partial charge in [-0.25, -0.2) is 9.18 Å². The Bertz CT molecular complexity index is 547. The van der Waals surface area contributed by atoms with Crippen LogP contribution in [0.25, 0.3) is 0 Å². The number of benzene rings is 1. The van der Waals surface area contributed by atoms with Crippen molar-refractivity contribution >= 4 is 11.9 Å². The first-order valence-electron chi connectivity index (χ1n) is 6.90. The smallest absolute Gasteiger partial charge is 0.343 e. The molecule has 120 valence electrons. The summed E-state index contributed by atoms with van der Waals surface area (Å²) in [4.78, 5) is 24.3. The van der Waals surface area contributed by atoms with E-state index in [2.05, 4.69) is 0 Å². The molecule has 1 aliphatic rings. The van der Waals surface area contributed by atoms with Crippen molar-refractivity contribution in [3.05, 3.63) is 29.8 Å². The molecule has 1 aromatic carbocycles. The molecule has 1 amide bonds. The Kier molecular flexibility index (Phi) is 4.97. The number of amides is 1. The Morgan fingerprint density at radius 3 is 2.55 bits per heavy atom. The van der Waals surface area contributed by atoms with Crippen LogP contribution < -0.4 is 4.74 Å². The normalized spacial score (nSPS) is 20.9. The van der Waals surface area contributed by atoms with Gasteiger partial charge < -0.3 is 19.5 Å². The first-order chi connectivity index (χ1) is 10.5. The van der Waals surface area contributed by atoms with Gasteiger partial charge in [0.1, 0.15) is 12.4 Å². The maximum Gasteiger partial charge on any atom is 0.343 e. The summed E-state index contributed by atoms with van der Waals surface area (Å²) in [5.41, 5.74) is -1.98. The van der Waals surface area contributed by atoms with Gasteiger partial charge in [-0.2, -0.15) is 0 Å². The van der Waals surface area contributed by atoms with E-state index < -0.39 is 18.2 Å². The standard InChI is InChI=1S/C15H18FNO5/c1-21-8-9-22-12-4-2-11(3-5-12)13(18)17-7-6-15(16,10-17)14(19)20/h2-5H,6-10H2,1H3,(H,19,20). The summed E-state index contributed by atoms with van der Waals surface area (Å²) in [7, 11) is 1.57. The maximum absolute atomic E-state index is 14.0. The second-order valence-corrected chi connectivity index (χ2v) is 5.11.